The standard InChI is InChI=1S/C13H23N5O2/c1-13(2,3)18(12(19)20)10(11-14-16-17-15-11)9-7-5-4-6-8-9/h9-10H,4-8H2,1-3H3,(H,19,20)(H,14,15,16,17). The molecule has 1 heterocycles. The summed E-state index contributed by atoms with van der Waals surface area (Å²) in [7, 11) is 0. The van der Waals surface area contributed by atoms with Crippen LogP contribution in [0, 0.1) is 5.92 Å². The van der Waals surface area contributed by atoms with Crippen LogP contribution in [0.1, 0.15) is 64.7 Å². The lowest BCUT2D eigenvalue weighted by Crippen LogP contribution is -2.50. The van der Waals surface area contributed by atoms with E-state index in [4.69, 9.17) is 0 Å². The van der Waals surface area contributed by atoms with Gasteiger partial charge >= 0.3 is 6.09 Å². The summed E-state index contributed by atoms with van der Waals surface area (Å²) in [5, 5.41) is 23.6. The largest absolute Gasteiger partial charge is 0.465 e. The molecule has 1 fully saturated rings. The smallest absolute Gasteiger partial charge is 0.408 e. The van der Waals surface area contributed by atoms with E-state index in [-0.39, 0.29) is 12.0 Å². The number of hydrogen-bond acceptors (Lipinski definition) is 4. The van der Waals surface area contributed by atoms with Gasteiger partial charge in [-0.25, -0.2) is 9.89 Å². The molecular weight excluding hydrogens is 258 g/mol. The average molecular weight is 281 g/mol. The molecule has 1 aliphatic carbocycles. The average Bonchev–Trinajstić information content (AvgIpc) is 2.88. The molecule has 1 aromatic rings. The third-order valence-electron chi connectivity index (χ3n) is 3.95. The molecule has 0 aromatic carbocycles. The van der Waals surface area contributed by atoms with Crippen molar-refractivity contribution in [1.82, 2.24) is 25.5 Å². The van der Waals surface area contributed by atoms with Crippen molar-refractivity contribution in [3.63, 3.8) is 0 Å². The number of amides is 1. The first-order valence-corrected chi connectivity index (χ1v) is 7.17. The Kier molecular flexibility index (Phi) is 4.25. The molecule has 7 heteroatoms. The van der Waals surface area contributed by atoms with Crippen molar-refractivity contribution in [1.29, 1.82) is 0 Å². The Labute approximate surface area is 118 Å². The van der Waals surface area contributed by atoms with Gasteiger partial charge in [-0.1, -0.05) is 19.3 Å². The summed E-state index contributed by atoms with van der Waals surface area (Å²) in [6, 6.07) is -0.303. The Morgan fingerprint density at radius 1 is 1.35 bits per heavy atom. The van der Waals surface area contributed by atoms with Crippen molar-refractivity contribution in [3.8, 4) is 0 Å². The maximum absolute atomic E-state index is 11.8. The molecule has 1 aliphatic rings. The predicted molar refractivity (Wildman–Crippen MR) is 73.1 cm³/mol. The van der Waals surface area contributed by atoms with E-state index in [2.05, 4.69) is 20.6 Å². The molecule has 0 bridgehead atoms. The van der Waals surface area contributed by atoms with Crippen molar-refractivity contribution in [2.24, 2.45) is 5.92 Å². The van der Waals surface area contributed by atoms with Gasteiger partial charge in [0.2, 0.25) is 0 Å². The lowest BCUT2D eigenvalue weighted by Gasteiger charge is -2.42. The molecule has 1 unspecified atom stereocenters. The lowest BCUT2D eigenvalue weighted by molar-refractivity contribution is 0.0354. The van der Waals surface area contributed by atoms with Crippen LogP contribution in [-0.2, 0) is 0 Å². The zero-order valence-electron chi connectivity index (χ0n) is 12.3. The van der Waals surface area contributed by atoms with Crippen LogP contribution < -0.4 is 0 Å². The highest BCUT2D eigenvalue weighted by molar-refractivity contribution is 5.66. The van der Waals surface area contributed by atoms with Crippen LogP contribution in [0.25, 0.3) is 0 Å². The van der Waals surface area contributed by atoms with Gasteiger partial charge < -0.3 is 5.11 Å². The molecule has 0 saturated heterocycles. The van der Waals surface area contributed by atoms with Crippen molar-refractivity contribution < 1.29 is 9.90 Å². The fraction of sp³-hybridized carbons (Fsp3) is 0.846. The molecule has 7 nitrogen and oxygen atoms in total. The Morgan fingerprint density at radius 3 is 2.45 bits per heavy atom. The van der Waals surface area contributed by atoms with E-state index in [1.54, 1.807) is 0 Å². The zero-order valence-corrected chi connectivity index (χ0v) is 12.3. The maximum Gasteiger partial charge on any atom is 0.408 e. The van der Waals surface area contributed by atoms with Crippen LogP contribution in [0.3, 0.4) is 0 Å². The summed E-state index contributed by atoms with van der Waals surface area (Å²) >= 11 is 0. The minimum Gasteiger partial charge on any atom is -0.465 e. The van der Waals surface area contributed by atoms with Gasteiger partial charge in [0.25, 0.3) is 0 Å². The number of hydrogen-bond donors (Lipinski definition) is 2. The number of carbonyl (C=O) groups is 1. The van der Waals surface area contributed by atoms with Crippen molar-refractivity contribution >= 4 is 6.09 Å². The van der Waals surface area contributed by atoms with Gasteiger partial charge in [0.15, 0.2) is 5.82 Å². The first-order valence-electron chi connectivity index (χ1n) is 7.17. The number of H-pyrrole nitrogens is 1. The van der Waals surface area contributed by atoms with Gasteiger partial charge in [-0.05, 0) is 50.0 Å². The molecular formula is C13H23N5O2. The van der Waals surface area contributed by atoms with Gasteiger partial charge in [-0.15, -0.1) is 5.10 Å². The fourth-order valence-corrected chi connectivity index (χ4v) is 3.12. The van der Waals surface area contributed by atoms with Gasteiger partial charge in [-0.3, -0.25) is 4.90 Å². The first kappa shape index (κ1) is 14.7. The quantitative estimate of drug-likeness (QED) is 0.888. The molecule has 0 radical (unpaired) electrons. The summed E-state index contributed by atoms with van der Waals surface area (Å²) in [5.41, 5.74) is -0.499. The lowest BCUT2D eigenvalue weighted by atomic mass is 9.81. The van der Waals surface area contributed by atoms with Crippen molar-refractivity contribution in [2.45, 2.75) is 64.5 Å². The molecule has 1 saturated carbocycles. The topological polar surface area (TPSA) is 95.0 Å². The summed E-state index contributed by atoms with van der Waals surface area (Å²) in [4.78, 5) is 13.3. The van der Waals surface area contributed by atoms with Crippen molar-refractivity contribution in [3.05, 3.63) is 5.82 Å². The molecule has 2 N–H and O–H groups in total. The second-order valence-electron chi connectivity index (χ2n) is 6.45. The highest BCUT2D eigenvalue weighted by Gasteiger charge is 2.40. The number of rotatable bonds is 3. The number of aromatic amines is 1. The van der Waals surface area contributed by atoms with Crippen molar-refractivity contribution in [2.75, 3.05) is 0 Å². The van der Waals surface area contributed by atoms with E-state index in [9.17, 15) is 9.90 Å². The zero-order chi connectivity index (χ0) is 14.8. The second-order valence-corrected chi connectivity index (χ2v) is 6.45. The van der Waals surface area contributed by atoms with Crippen LogP contribution in [-0.4, -0.2) is 42.3 Å². The van der Waals surface area contributed by atoms with Gasteiger partial charge in [0, 0.05) is 5.54 Å². The van der Waals surface area contributed by atoms with Crippen LogP contribution in [0.2, 0.25) is 0 Å². The maximum atomic E-state index is 11.8. The van der Waals surface area contributed by atoms with E-state index in [1.165, 1.54) is 11.3 Å². The predicted octanol–water partition coefficient (Wildman–Crippen LogP) is 2.60. The number of nitrogens with zero attached hydrogens (tertiary/aromatic N) is 4. The molecule has 20 heavy (non-hydrogen) atoms. The molecule has 2 rings (SSSR count). The van der Waals surface area contributed by atoms with E-state index >= 15 is 0 Å². The monoisotopic (exact) mass is 281 g/mol. The molecule has 1 atom stereocenters. The highest BCUT2D eigenvalue weighted by atomic mass is 16.4. The summed E-state index contributed by atoms with van der Waals surface area (Å²) in [6.45, 7) is 5.71. The van der Waals surface area contributed by atoms with Gasteiger partial charge in [0.1, 0.15) is 0 Å². The molecule has 0 aliphatic heterocycles. The summed E-state index contributed by atoms with van der Waals surface area (Å²) < 4.78 is 0. The number of aromatic nitrogens is 4. The molecule has 1 aromatic heterocycles. The van der Waals surface area contributed by atoms with Crippen LogP contribution in [0.4, 0.5) is 4.79 Å². The van der Waals surface area contributed by atoms with Crippen LogP contribution in [0.15, 0.2) is 0 Å². The third kappa shape index (κ3) is 3.08. The minimum atomic E-state index is -0.926. The molecule has 0 spiro atoms. The fourth-order valence-electron chi connectivity index (χ4n) is 3.12. The van der Waals surface area contributed by atoms with Gasteiger partial charge in [-0.2, -0.15) is 0 Å². The van der Waals surface area contributed by atoms with Gasteiger partial charge in [0.05, 0.1) is 6.04 Å². The third-order valence-corrected chi connectivity index (χ3v) is 3.95. The van der Waals surface area contributed by atoms with E-state index in [0.29, 0.717) is 5.82 Å². The van der Waals surface area contributed by atoms with Crippen LogP contribution in [0.5, 0.6) is 0 Å². The summed E-state index contributed by atoms with van der Waals surface area (Å²) in [6.07, 6.45) is 4.61. The minimum absolute atomic E-state index is 0.272. The molecule has 112 valence electrons. The highest BCUT2D eigenvalue weighted by Crippen LogP contribution is 2.39. The summed E-state index contributed by atoms with van der Waals surface area (Å²) in [5.74, 6) is 0.822. The van der Waals surface area contributed by atoms with Crippen LogP contribution >= 0.6 is 0 Å². The Bertz CT molecular complexity index is 434. The number of tetrazole rings is 1. The van der Waals surface area contributed by atoms with E-state index < -0.39 is 11.6 Å². The molecule has 1 amide bonds. The SMILES string of the molecule is CC(C)(C)N(C(=O)O)C(c1nnn[nH]1)C1CCCCC1. The van der Waals surface area contributed by atoms with E-state index in [1.807, 2.05) is 20.8 Å². The Morgan fingerprint density at radius 2 is 2.00 bits per heavy atom. The van der Waals surface area contributed by atoms with E-state index in [0.717, 1.165) is 25.7 Å². The Hall–Kier alpha value is -1.66. The number of carboxylic acid groups (broad SMARTS) is 1. The first-order chi connectivity index (χ1) is 9.41. The Balaban J connectivity index is 2.36. The number of nitrogens with one attached hydrogen (secondary N) is 1. The normalized spacial score (nSPS) is 18.8. The second kappa shape index (κ2) is 5.76.